The van der Waals surface area contributed by atoms with E-state index in [1.807, 2.05) is 0 Å². The highest BCUT2D eigenvalue weighted by Crippen LogP contribution is 2.12. The van der Waals surface area contributed by atoms with Gasteiger partial charge in [0.25, 0.3) is 11.5 Å². The molecule has 0 fully saturated rings. The highest BCUT2D eigenvalue weighted by molar-refractivity contribution is 5.97. The highest BCUT2D eigenvalue weighted by Gasteiger charge is 2.24. The van der Waals surface area contributed by atoms with Crippen LogP contribution in [-0.2, 0) is 25.6 Å². The summed E-state index contributed by atoms with van der Waals surface area (Å²) in [4.78, 5) is 62.9. The number of nitrogens with two attached hydrogens (primary N) is 3. The third kappa shape index (κ3) is 6.94. The van der Waals surface area contributed by atoms with E-state index in [2.05, 4.69) is 35.3 Å². The van der Waals surface area contributed by atoms with Gasteiger partial charge in [0.2, 0.25) is 5.95 Å². The van der Waals surface area contributed by atoms with Crippen molar-refractivity contribution in [3.63, 3.8) is 0 Å². The number of aromatic nitrogens is 4. The molecule has 1 aromatic carbocycles. The number of anilines is 2. The van der Waals surface area contributed by atoms with E-state index in [4.69, 9.17) is 21.9 Å². The minimum Gasteiger partial charge on any atom is -0.450 e. The zero-order valence-corrected chi connectivity index (χ0v) is 19.0. The normalized spacial score (nSPS) is 11.5. The lowest BCUT2D eigenvalue weighted by atomic mass is 10.1. The van der Waals surface area contributed by atoms with E-state index >= 15 is 0 Å². The lowest BCUT2D eigenvalue weighted by Crippen LogP contribution is -2.42. The van der Waals surface area contributed by atoms with Crippen LogP contribution in [0.2, 0.25) is 0 Å². The number of benzene rings is 1. The molecule has 0 radical (unpaired) electrons. The second-order valence-corrected chi connectivity index (χ2v) is 7.29. The van der Waals surface area contributed by atoms with Crippen LogP contribution >= 0.6 is 0 Å². The van der Waals surface area contributed by atoms with Crippen molar-refractivity contribution in [3.8, 4) is 0 Å². The van der Waals surface area contributed by atoms with Crippen molar-refractivity contribution in [2.75, 3.05) is 24.5 Å². The highest BCUT2D eigenvalue weighted by atomic mass is 16.5. The molecule has 15 heteroatoms. The van der Waals surface area contributed by atoms with Gasteiger partial charge in [0.15, 0.2) is 11.2 Å². The Hall–Kier alpha value is -4.63. The Balaban J connectivity index is 1.61. The molecule has 0 bridgehead atoms. The molecule has 1 atom stereocenters. The summed E-state index contributed by atoms with van der Waals surface area (Å²) < 4.78 is 9.39. The molecule has 0 aliphatic rings. The lowest BCUT2D eigenvalue weighted by Gasteiger charge is -2.17. The molecule has 0 aliphatic carbocycles. The number of amides is 1. The lowest BCUT2D eigenvalue weighted by molar-refractivity contribution is -0.147. The molecule has 3 aromatic rings. The number of H-pyrrole nitrogens is 1. The molecular weight excluding hydrogens is 474 g/mol. The Labute approximate surface area is 203 Å². The number of ether oxygens (including phenoxy) is 2. The average Bonchev–Trinajstić information content (AvgIpc) is 2.85. The molecule has 36 heavy (non-hydrogen) atoms. The summed E-state index contributed by atoms with van der Waals surface area (Å²) in [7, 11) is 0. The van der Waals surface area contributed by atoms with Gasteiger partial charge in [-0.05, 0) is 30.7 Å². The Bertz CT molecular complexity index is 1300. The largest absolute Gasteiger partial charge is 0.450 e. The van der Waals surface area contributed by atoms with Crippen LogP contribution in [0.25, 0.3) is 11.2 Å². The first-order valence-corrected chi connectivity index (χ1v) is 10.7. The van der Waals surface area contributed by atoms with Crippen LogP contribution in [0.15, 0.2) is 35.3 Å². The summed E-state index contributed by atoms with van der Waals surface area (Å²) in [6.07, 6.45) is 1.26. The molecule has 3 rings (SSSR count). The molecule has 2 heterocycles. The molecule has 0 unspecified atom stereocenters. The monoisotopic (exact) mass is 499 g/mol. The number of nitrogen functional groups attached to an aromatic ring is 1. The summed E-state index contributed by atoms with van der Waals surface area (Å²) in [6, 6.07) is 5.25. The minimum absolute atomic E-state index is 0.0477. The number of rotatable bonds is 11. The summed E-state index contributed by atoms with van der Waals surface area (Å²) in [5.41, 5.74) is 17.0. The Morgan fingerprint density at radius 1 is 1.06 bits per heavy atom. The molecular formula is C21H25N9O6. The third-order valence-corrected chi connectivity index (χ3v) is 4.80. The van der Waals surface area contributed by atoms with Crippen molar-refractivity contribution in [2.24, 2.45) is 11.5 Å². The second-order valence-electron chi connectivity index (χ2n) is 7.29. The van der Waals surface area contributed by atoms with Crippen molar-refractivity contribution < 1.29 is 23.9 Å². The Kier molecular flexibility index (Phi) is 8.79. The van der Waals surface area contributed by atoms with Gasteiger partial charge in [0.1, 0.15) is 19.5 Å². The minimum atomic E-state index is -1.11. The second kappa shape index (κ2) is 12.2. The number of nitrogens with zero attached hydrogens (tertiary/aromatic N) is 3. The number of carbonyl (C=O) groups excluding carboxylic acids is 3. The maximum atomic E-state index is 12.6. The van der Waals surface area contributed by atoms with Gasteiger partial charge in [-0.15, -0.1) is 0 Å². The number of carbonyl (C=O) groups is 3. The van der Waals surface area contributed by atoms with Crippen LogP contribution in [0.5, 0.6) is 0 Å². The topological polar surface area (TPSA) is 243 Å². The smallest absolute Gasteiger partial charge is 0.329 e. The first kappa shape index (κ1) is 26.0. The fourth-order valence-corrected chi connectivity index (χ4v) is 3.09. The van der Waals surface area contributed by atoms with E-state index in [0.717, 1.165) is 0 Å². The van der Waals surface area contributed by atoms with Crippen LogP contribution in [0, 0.1) is 0 Å². The van der Waals surface area contributed by atoms with Crippen LogP contribution in [0.4, 0.5) is 11.6 Å². The number of nitrogens with one attached hydrogen (secondary N) is 3. The van der Waals surface area contributed by atoms with E-state index < -0.39 is 29.4 Å². The molecule has 0 saturated carbocycles. The van der Waals surface area contributed by atoms with Gasteiger partial charge in [-0.3, -0.25) is 30.8 Å². The maximum absolute atomic E-state index is 12.6. The zero-order valence-electron chi connectivity index (χ0n) is 19.0. The van der Waals surface area contributed by atoms with Gasteiger partial charge in [-0.25, -0.2) is 14.8 Å². The number of aromatic amines is 1. The van der Waals surface area contributed by atoms with Gasteiger partial charge < -0.3 is 25.8 Å². The predicted molar refractivity (Wildman–Crippen MR) is 127 cm³/mol. The third-order valence-electron chi connectivity index (χ3n) is 4.80. The maximum Gasteiger partial charge on any atom is 0.329 e. The molecule has 9 N–H and O–H groups in total. The number of fused-ring (bicyclic) bond motifs is 1. The average molecular weight is 499 g/mol. The fourth-order valence-electron chi connectivity index (χ4n) is 3.09. The zero-order chi connectivity index (χ0) is 26.1. The van der Waals surface area contributed by atoms with Crippen molar-refractivity contribution in [2.45, 2.75) is 25.4 Å². The first-order valence-electron chi connectivity index (χ1n) is 10.7. The van der Waals surface area contributed by atoms with E-state index in [1.54, 1.807) is 12.1 Å². The van der Waals surface area contributed by atoms with Crippen molar-refractivity contribution in [1.82, 2.24) is 25.3 Å². The van der Waals surface area contributed by atoms with Gasteiger partial charge in [-0.2, -0.15) is 4.98 Å². The van der Waals surface area contributed by atoms with Crippen LogP contribution in [-0.4, -0.2) is 57.3 Å². The number of hydrogen-bond acceptors (Lipinski definition) is 13. The number of hydrogen-bond donors (Lipinski definition) is 6. The van der Waals surface area contributed by atoms with Crippen LogP contribution in [0.3, 0.4) is 0 Å². The molecule has 2 aromatic heterocycles. The van der Waals surface area contributed by atoms with Crippen LogP contribution < -0.4 is 33.4 Å². The van der Waals surface area contributed by atoms with Gasteiger partial charge in [-0.1, -0.05) is 0 Å². The fraction of sp³-hybridized carbons (Fsp3) is 0.286. The van der Waals surface area contributed by atoms with Crippen molar-refractivity contribution >= 4 is 40.6 Å². The Morgan fingerprint density at radius 2 is 1.78 bits per heavy atom. The van der Waals surface area contributed by atoms with Gasteiger partial charge in [0.05, 0.1) is 18.4 Å². The SMILES string of the molecule is NCOC(=O)CC[C@H](NC(=O)c1ccc(NCc2cnc3nc(N)[nH]c(=O)c3n2)cc1)C(=O)OCN. The van der Waals surface area contributed by atoms with E-state index in [9.17, 15) is 19.2 Å². The summed E-state index contributed by atoms with van der Waals surface area (Å²) >= 11 is 0. The van der Waals surface area contributed by atoms with Gasteiger partial charge >= 0.3 is 11.9 Å². The molecule has 190 valence electrons. The van der Waals surface area contributed by atoms with Crippen LogP contribution in [0.1, 0.15) is 28.9 Å². The molecule has 1 amide bonds. The van der Waals surface area contributed by atoms with Crippen molar-refractivity contribution in [3.05, 3.63) is 52.1 Å². The van der Waals surface area contributed by atoms with Gasteiger partial charge in [0, 0.05) is 17.7 Å². The van der Waals surface area contributed by atoms with E-state index in [1.165, 1.54) is 18.3 Å². The van der Waals surface area contributed by atoms with E-state index in [0.29, 0.717) is 11.4 Å². The molecule has 0 spiro atoms. The first-order chi connectivity index (χ1) is 17.3. The number of esters is 2. The summed E-state index contributed by atoms with van der Waals surface area (Å²) in [5, 5.41) is 5.63. The van der Waals surface area contributed by atoms with E-state index in [-0.39, 0.29) is 55.5 Å². The summed E-state index contributed by atoms with van der Waals surface area (Å²) in [6.45, 7) is -0.425. The quantitative estimate of drug-likeness (QED) is 0.133. The predicted octanol–water partition coefficient (Wildman–Crippen LogP) is -1.30. The summed E-state index contributed by atoms with van der Waals surface area (Å²) in [5.74, 6) is -2.00. The Morgan fingerprint density at radius 3 is 2.47 bits per heavy atom. The molecule has 15 nitrogen and oxygen atoms in total. The molecule has 0 aliphatic heterocycles. The molecule has 0 saturated heterocycles. The van der Waals surface area contributed by atoms with Crippen molar-refractivity contribution in [1.29, 1.82) is 0 Å². The standard InChI is InChI=1S/C21H25N9O6/c22-9-35-15(31)6-5-14(20(34)36-10-23)28-18(32)11-1-3-12(4-2-11)25-7-13-8-26-17-16(27-13)19(33)30-21(24)29-17/h1-4,8,14,25H,5-7,9-10,22-23H2,(H,28,32)(H3,24,26,29,30,33)/t14-/m0/s1.